The number of ether oxygens (including phenoxy) is 1. The zero-order chi connectivity index (χ0) is 13.1. The number of halogens is 4. The summed E-state index contributed by atoms with van der Waals surface area (Å²) < 4.78 is 6.70. The summed E-state index contributed by atoms with van der Waals surface area (Å²) in [5.41, 5.74) is 0.891. The highest BCUT2D eigenvalue weighted by atomic mass is 79.9. The summed E-state index contributed by atoms with van der Waals surface area (Å²) >= 11 is 21.1. The van der Waals surface area contributed by atoms with Crippen molar-refractivity contribution in [2.75, 3.05) is 0 Å². The third kappa shape index (κ3) is 3.55. The van der Waals surface area contributed by atoms with E-state index in [-0.39, 0.29) is 0 Å². The second-order valence-electron chi connectivity index (χ2n) is 3.59. The first-order chi connectivity index (χ1) is 8.58. The topological polar surface area (TPSA) is 9.23 Å². The van der Waals surface area contributed by atoms with E-state index in [1.807, 2.05) is 18.2 Å². The van der Waals surface area contributed by atoms with E-state index in [1.54, 1.807) is 18.2 Å². The van der Waals surface area contributed by atoms with Gasteiger partial charge in [-0.2, -0.15) is 0 Å². The molecule has 0 bridgehead atoms. The van der Waals surface area contributed by atoms with Crippen LogP contribution in [0.25, 0.3) is 0 Å². The summed E-state index contributed by atoms with van der Waals surface area (Å²) in [7, 11) is 0. The van der Waals surface area contributed by atoms with Crippen molar-refractivity contribution in [2.24, 2.45) is 0 Å². The van der Waals surface area contributed by atoms with Gasteiger partial charge in [0.15, 0.2) is 0 Å². The lowest BCUT2D eigenvalue weighted by molar-refractivity contribution is 0.478. The Morgan fingerprint density at radius 2 is 1.67 bits per heavy atom. The van der Waals surface area contributed by atoms with Gasteiger partial charge in [0.05, 0.1) is 5.88 Å². The molecule has 0 N–H and O–H groups in total. The monoisotopic (exact) mass is 364 g/mol. The Labute approximate surface area is 129 Å². The molecule has 2 aromatic rings. The molecule has 1 nitrogen and oxygen atoms in total. The average molecular weight is 366 g/mol. The Kier molecular flexibility index (Phi) is 4.79. The molecule has 0 aliphatic heterocycles. The summed E-state index contributed by atoms with van der Waals surface area (Å²) in [6.07, 6.45) is 0. The quantitative estimate of drug-likeness (QED) is 0.580. The van der Waals surface area contributed by atoms with E-state index in [9.17, 15) is 0 Å². The van der Waals surface area contributed by atoms with Crippen LogP contribution in [-0.2, 0) is 5.88 Å². The van der Waals surface area contributed by atoms with Crippen LogP contribution in [0.4, 0.5) is 0 Å². The number of hydrogen-bond donors (Lipinski definition) is 0. The Bertz CT molecular complexity index is 552. The van der Waals surface area contributed by atoms with Gasteiger partial charge in [0.2, 0.25) is 0 Å². The van der Waals surface area contributed by atoms with Gasteiger partial charge in [-0.25, -0.2) is 0 Å². The van der Waals surface area contributed by atoms with Gasteiger partial charge in [-0.1, -0.05) is 39.1 Å². The molecule has 0 saturated heterocycles. The lowest BCUT2D eigenvalue weighted by Gasteiger charge is -2.10. The maximum Gasteiger partial charge on any atom is 0.131 e. The molecule has 5 heteroatoms. The van der Waals surface area contributed by atoms with Crippen LogP contribution in [0, 0.1) is 0 Å². The molecule has 0 unspecified atom stereocenters. The summed E-state index contributed by atoms with van der Waals surface area (Å²) in [5, 5.41) is 1.06. The molecule has 94 valence electrons. The molecule has 0 saturated carbocycles. The SMILES string of the molecule is ClCc1cc(Br)ccc1Oc1cc(Cl)cc(Cl)c1. The minimum atomic E-state index is 0.364. The van der Waals surface area contributed by atoms with E-state index in [1.165, 1.54) is 0 Å². The summed E-state index contributed by atoms with van der Waals surface area (Å²) in [5.74, 6) is 1.64. The third-order valence-corrected chi connectivity index (χ3v) is 3.45. The highest BCUT2D eigenvalue weighted by molar-refractivity contribution is 9.10. The highest BCUT2D eigenvalue weighted by Crippen LogP contribution is 2.32. The smallest absolute Gasteiger partial charge is 0.131 e. The summed E-state index contributed by atoms with van der Waals surface area (Å²) in [6, 6.07) is 10.7. The largest absolute Gasteiger partial charge is 0.457 e. The molecule has 18 heavy (non-hydrogen) atoms. The van der Waals surface area contributed by atoms with Gasteiger partial charge < -0.3 is 4.74 Å². The van der Waals surface area contributed by atoms with E-state index >= 15 is 0 Å². The first-order valence-electron chi connectivity index (χ1n) is 5.07. The lowest BCUT2D eigenvalue weighted by Crippen LogP contribution is -1.90. The van der Waals surface area contributed by atoms with E-state index < -0.39 is 0 Å². The number of alkyl halides is 1. The second-order valence-corrected chi connectivity index (χ2v) is 5.65. The molecule has 0 atom stereocenters. The van der Waals surface area contributed by atoms with Crippen molar-refractivity contribution in [2.45, 2.75) is 5.88 Å². The molecule has 0 aromatic heterocycles. The second kappa shape index (κ2) is 6.16. The molecular weight excluding hydrogens is 358 g/mol. The number of hydrogen-bond acceptors (Lipinski definition) is 1. The van der Waals surface area contributed by atoms with Gasteiger partial charge in [-0.3, -0.25) is 0 Å². The molecule has 0 fully saturated rings. The fourth-order valence-corrected chi connectivity index (χ4v) is 2.59. The molecular formula is C13H8BrCl3O. The predicted molar refractivity (Wildman–Crippen MR) is 80.2 cm³/mol. The number of benzene rings is 2. The molecule has 0 spiro atoms. The third-order valence-electron chi connectivity index (χ3n) is 2.23. The zero-order valence-corrected chi connectivity index (χ0v) is 12.9. The van der Waals surface area contributed by atoms with Crippen molar-refractivity contribution in [3.05, 3.63) is 56.5 Å². The molecule has 0 heterocycles. The van der Waals surface area contributed by atoms with Crippen LogP contribution in [0.2, 0.25) is 10.0 Å². The van der Waals surface area contributed by atoms with Crippen molar-refractivity contribution < 1.29 is 4.74 Å². The Morgan fingerprint density at radius 3 is 2.28 bits per heavy atom. The van der Waals surface area contributed by atoms with Gasteiger partial charge >= 0.3 is 0 Å². The normalized spacial score (nSPS) is 10.4. The standard InChI is InChI=1S/C13H8BrCl3O/c14-9-1-2-13(8(3-9)7-15)18-12-5-10(16)4-11(17)6-12/h1-6H,7H2. The van der Waals surface area contributed by atoms with E-state index in [0.29, 0.717) is 27.4 Å². The van der Waals surface area contributed by atoms with Crippen molar-refractivity contribution >= 4 is 50.7 Å². The minimum Gasteiger partial charge on any atom is -0.457 e. The fraction of sp³-hybridized carbons (Fsp3) is 0.0769. The van der Waals surface area contributed by atoms with Crippen LogP contribution >= 0.6 is 50.7 Å². The maximum absolute atomic E-state index is 5.92. The van der Waals surface area contributed by atoms with Crippen molar-refractivity contribution in [1.82, 2.24) is 0 Å². The zero-order valence-electron chi connectivity index (χ0n) is 9.09. The number of rotatable bonds is 3. The molecule has 2 rings (SSSR count). The maximum atomic E-state index is 5.92. The first kappa shape index (κ1) is 14.0. The molecule has 0 aliphatic rings. The first-order valence-corrected chi connectivity index (χ1v) is 7.15. The van der Waals surface area contributed by atoms with E-state index in [0.717, 1.165) is 10.0 Å². The Morgan fingerprint density at radius 1 is 1.00 bits per heavy atom. The van der Waals surface area contributed by atoms with E-state index in [4.69, 9.17) is 39.5 Å². The lowest BCUT2D eigenvalue weighted by atomic mass is 10.2. The van der Waals surface area contributed by atoms with E-state index in [2.05, 4.69) is 15.9 Å². The van der Waals surface area contributed by atoms with Crippen LogP contribution < -0.4 is 4.74 Å². The summed E-state index contributed by atoms with van der Waals surface area (Å²) in [6.45, 7) is 0. The fourth-order valence-electron chi connectivity index (χ4n) is 1.47. The van der Waals surface area contributed by atoms with Crippen LogP contribution in [0.1, 0.15) is 5.56 Å². The average Bonchev–Trinajstić information content (AvgIpc) is 2.30. The Balaban J connectivity index is 2.33. The van der Waals surface area contributed by atoms with Crippen molar-refractivity contribution in [3.8, 4) is 11.5 Å². The van der Waals surface area contributed by atoms with Crippen LogP contribution in [0.5, 0.6) is 11.5 Å². The summed E-state index contributed by atoms with van der Waals surface area (Å²) in [4.78, 5) is 0. The molecule has 2 aromatic carbocycles. The Hall–Kier alpha value is -0.410. The van der Waals surface area contributed by atoms with Crippen LogP contribution in [-0.4, -0.2) is 0 Å². The molecule has 0 radical (unpaired) electrons. The van der Waals surface area contributed by atoms with Gasteiger partial charge in [0, 0.05) is 20.1 Å². The van der Waals surface area contributed by atoms with Crippen LogP contribution in [0.15, 0.2) is 40.9 Å². The van der Waals surface area contributed by atoms with Gasteiger partial charge in [0.1, 0.15) is 11.5 Å². The van der Waals surface area contributed by atoms with Gasteiger partial charge in [0.25, 0.3) is 0 Å². The van der Waals surface area contributed by atoms with Crippen molar-refractivity contribution in [3.63, 3.8) is 0 Å². The predicted octanol–water partition coefficient (Wildman–Crippen LogP) is 6.29. The van der Waals surface area contributed by atoms with Crippen molar-refractivity contribution in [1.29, 1.82) is 0 Å². The van der Waals surface area contributed by atoms with Gasteiger partial charge in [-0.15, -0.1) is 11.6 Å². The molecule has 0 aliphatic carbocycles. The minimum absolute atomic E-state index is 0.364. The molecule has 0 amide bonds. The van der Waals surface area contributed by atoms with Crippen LogP contribution in [0.3, 0.4) is 0 Å². The van der Waals surface area contributed by atoms with Gasteiger partial charge in [-0.05, 0) is 36.4 Å². The highest BCUT2D eigenvalue weighted by Gasteiger charge is 2.06.